The average Bonchev–Trinajstić information content (AvgIpc) is 2.62. The summed E-state index contributed by atoms with van der Waals surface area (Å²) in [6, 6.07) is 2.65. The molecule has 1 unspecified atom stereocenters. The number of hydrogen-bond donors (Lipinski definition) is 1. The predicted octanol–water partition coefficient (Wildman–Crippen LogP) is 3.28. The summed E-state index contributed by atoms with van der Waals surface area (Å²) in [7, 11) is 1.85. The number of thiophene rings is 1. The highest BCUT2D eigenvalue weighted by atomic mass is 32.1. The van der Waals surface area contributed by atoms with Gasteiger partial charge in [0, 0.05) is 12.0 Å². The Labute approximate surface area is 102 Å². The van der Waals surface area contributed by atoms with Crippen molar-refractivity contribution >= 4 is 11.3 Å². The van der Waals surface area contributed by atoms with Crippen LogP contribution in [0.1, 0.15) is 42.7 Å². The normalized spacial score (nSPS) is 20.4. The molecule has 1 fully saturated rings. The third-order valence-electron chi connectivity index (χ3n) is 3.62. The average molecular weight is 239 g/mol. The monoisotopic (exact) mass is 239 g/mol. The first-order chi connectivity index (χ1) is 7.72. The zero-order valence-corrected chi connectivity index (χ0v) is 11.2. The highest BCUT2D eigenvalue weighted by Gasteiger charge is 2.45. The van der Waals surface area contributed by atoms with E-state index in [-0.39, 0.29) is 5.60 Å². The van der Waals surface area contributed by atoms with E-state index in [0.29, 0.717) is 6.04 Å². The first-order valence-corrected chi connectivity index (χ1v) is 6.93. The van der Waals surface area contributed by atoms with Gasteiger partial charge in [0.15, 0.2) is 0 Å². The van der Waals surface area contributed by atoms with Gasteiger partial charge in [-0.25, -0.2) is 0 Å². The van der Waals surface area contributed by atoms with Crippen molar-refractivity contribution in [2.45, 2.75) is 44.8 Å². The molecule has 1 aromatic rings. The Hall–Kier alpha value is -0.380. The predicted molar refractivity (Wildman–Crippen MR) is 69.1 cm³/mol. The maximum Gasteiger partial charge on any atom is 0.0872 e. The molecule has 1 aliphatic rings. The Balaban J connectivity index is 2.22. The van der Waals surface area contributed by atoms with Crippen LogP contribution in [0.3, 0.4) is 0 Å². The van der Waals surface area contributed by atoms with Crippen molar-refractivity contribution in [3.63, 3.8) is 0 Å². The summed E-state index contributed by atoms with van der Waals surface area (Å²) in [6.45, 7) is 5.32. The van der Waals surface area contributed by atoms with Crippen molar-refractivity contribution in [3.05, 3.63) is 21.9 Å². The summed E-state index contributed by atoms with van der Waals surface area (Å²) in [5, 5.41) is 5.85. The van der Waals surface area contributed by atoms with E-state index >= 15 is 0 Å². The zero-order valence-electron chi connectivity index (χ0n) is 10.4. The maximum atomic E-state index is 5.79. The Kier molecular flexibility index (Phi) is 3.67. The third-order valence-corrected chi connectivity index (χ3v) is 4.50. The van der Waals surface area contributed by atoms with Crippen molar-refractivity contribution in [3.8, 4) is 0 Å². The molecule has 0 radical (unpaired) electrons. The summed E-state index contributed by atoms with van der Waals surface area (Å²) >= 11 is 1.82. The number of ether oxygens (including phenoxy) is 1. The van der Waals surface area contributed by atoms with E-state index in [0.717, 1.165) is 6.54 Å². The Morgan fingerprint density at radius 1 is 1.56 bits per heavy atom. The van der Waals surface area contributed by atoms with E-state index in [1.54, 1.807) is 0 Å². The highest BCUT2D eigenvalue weighted by Crippen LogP contribution is 2.45. The molecule has 1 heterocycles. The van der Waals surface area contributed by atoms with Gasteiger partial charge in [-0.3, -0.25) is 0 Å². The van der Waals surface area contributed by atoms with Crippen LogP contribution in [0, 0.1) is 6.92 Å². The van der Waals surface area contributed by atoms with Gasteiger partial charge in [0.25, 0.3) is 0 Å². The standard InChI is InChI=1S/C13H21NOS/c1-4-14-12(11-8-10(2)16-9-11)13(15-3)6-5-7-13/h8-9,12,14H,4-7H2,1-3H3. The van der Waals surface area contributed by atoms with Gasteiger partial charge in [-0.2, -0.15) is 0 Å². The number of aryl methyl sites for hydroxylation is 1. The zero-order chi connectivity index (χ0) is 11.6. The van der Waals surface area contributed by atoms with Crippen LogP contribution in [-0.4, -0.2) is 19.3 Å². The molecule has 1 aliphatic carbocycles. The lowest BCUT2D eigenvalue weighted by atomic mass is 9.72. The van der Waals surface area contributed by atoms with Gasteiger partial charge in [0.1, 0.15) is 0 Å². The van der Waals surface area contributed by atoms with Crippen LogP contribution in [-0.2, 0) is 4.74 Å². The van der Waals surface area contributed by atoms with E-state index < -0.39 is 0 Å². The van der Waals surface area contributed by atoms with Crippen molar-refractivity contribution in [1.29, 1.82) is 0 Å². The van der Waals surface area contributed by atoms with Crippen LogP contribution < -0.4 is 5.32 Å². The fraction of sp³-hybridized carbons (Fsp3) is 0.692. The van der Waals surface area contributed by atoms with Gasteiger partial charge < -0.3 is 10.1 Å². The highest BCUT2D eigenvalue weighted by molar-refractivity contribution is 7.10. The van der Waals surface area contributed by atoms with Crippen LogP contribution in [0.4, 0.5) is 0 Å². The largest absolute Gasteiger partial charge is 0.376 e. The van der Waals surface area contributed by atoms with Crippen LogP contribution in [0.25, 0.3) is 0 Å². The number of methoxy groups -OCH3 is 1. The Bertz CT molecular complexity index is 338. The fourth-order valence-corrected chi connectivity index (χ4v) is 3.29. The van der Waals surface area contributed by atoms with Gasteiger partial charge >= 0.3 is 0 Å². The molecule has 1 saturated carbocycles. The lowest BCUT2D eigenvalue weighted by Crippen LogP contribution is -2.50. The molecule has 2 rings (SSSR count). The van der Waals surface area contributed by atoms with Crippen molar-refractivity contribution in [1.82, 2.24) is 5.32 Å². The molecule has 1 N–H and O–H groups in total. The van der Waals surface area contributed by atoms with E-state index in [1.165, 1.54) is 29.7 Å². The molecule has 0 amide bonds. The molecule has 16 heavy (non-hydrogen) atoms. The molecule has 3 heteroatoms. The van der Waals surface area contributed by atoms with Crippen LogP contribution in [0.2, 0.25) is 0 Å². The second-order valence-corrected chi connectivity index (χ2v) is 5.72. The third kappa shape index (κ3) is 2.04. The van der Waals surface area contributed by atoms with Crippen molar-refractivity contribution in [2.24, 2.45) is 0 Å². The van der Waals surface area contributed by atoms with E-state index in [9.17, 15) is 0 Å². The summed E-state index contributed by atoms with van der Waals surface area (Å²) in [5.74, 6) is 0. The molecule has 1 aromatic heterocycles. The summed E-state index contributed by atoms with van der Waals surface area (Å²) < 4.78 is 5.79. The number of rotatable bonds is 5. The van der Waals surface area contributed by atoms with Gasteiger partial charge in [0.05, 0.1) is 11.6 Å². The first-order valence-electron chi connectivity index (χ1n) is 6.05. The molecule has 90 valence electrons. The SMILES string of the molecule is CCNC(c1csc(C)c1)C1(OC)CCC1. The first kappa shape index (κ1) is 12.1. The number of likely N-dealkylation sites (N-methyl/N-ethyl adjacent to an activating group) is 1. The lowest BCUT2D eigenvalue weighted by molar-refractivity contribution is -0.0994. The quantitative estimate of drug-likeness (QED) is 0.851. The minimum absolute atomic E-state index is 0.0452. The molecule has 2 nitrogen and oxygen atoms in total. The Morgan fingerprint density at radius 2 is 2.31 bits per heavy atom. The molecule has 1 atom stereocenters. The topological polar surface area (TPSA) is 21.3 Å². The molecular formula is C13H21NOS. The van der Waals surface area contributed by atoms with E-state index in [2.05, 4.69) is 30.6 Å². The lowest BCUT2D eigenvalue weighted by Gasteiger charge is -2.46. The van der Waals surface area contributed by atoms with Crippen LogP contribution in [0.15, 0.2) is 11.4 Å². The Morgan fingerprint density at radius 3 is 2.69 bits per heavy atom. The number of nitrogens with one attached hydrogen (secondary N) is 1. The summed E-state index contributed by atoms with van der Waals surface area (Å²) in [5.41, 5.74) is 1.44. The second kappa shape index (κ2) is 4.86. The molecule has 0 saturated heterocycles. The van der Waals surface area contributed by atoms with Crippen LogP contribution >= 0.6 is 11.3 Å². The summed E-state index contributed by atoms with van der Waals surface area (Å²) in [6.07, 6.45) is 3.64. The molecule has 0 aliphatic heterocycles. The van der Waals surface area contributed by atoms with Crippen LogP contribution in [0.5, 0.6) is 0 Å². The molecular weight excluding hydrogens is 218 g/mol. The smallest absolute Gasteiger partial charge is 0.0872 e. The number of hydrogen-bond acceptors (Lipinski definition) is 3. The fourth-order valence-electron chi connectivity index (χ4n) is 2.56. The van der Waals surface area contributed by atoms with Crippen molar-refractivity contribution < 1.29 is 4.74 Å². The van der Waals surface area contributed by atoms with Gasteiger partial charge in [-0.05, 0) is 49.7 Å². The van der Waals surface area contributed by atoms with Gasteiger partial charge in [-0.15, -0.1) is 11.3 Å². The van der Waals surface area contributed by atoms with Crippen molar-refractivity contribution in [2.75, 3.05) is 13.7 Å². The second-order valence-electron chi connectivity index (χ2n) is 4.60. The minimum atomic E-state index is 0.0452. The van der Waals surface area contributed by atoms with Gasteiger partial charge in [0.2, 0.25) is 0 Å². The van der Waals surface area contributed by atoms with E-state index in [1.807, 2.05) is 18.4 Å². The summed E-state index contributed by atoms with van der Waals surface area (Å²) in [4.78, 5) is 1.38. The van der Waals surface area contributed by atoms with E-state index in [4.69, 9.17) is 4.74 Å². The maximum absolute atomic E-state index is 5.79. The molecule has 0 spiro atoms. The molecule has 0 bridgehead atoms. The van der Waals surface area contributed by atoms with Gasteiger partial charge in [-0.1, -0.05) is 6.92 Å². The molecule has 0 aromatic carbocycles. The minimum Gasteiger partial charge on any atom is -0.376 e.